The van der Waals surface area contributed by atoms with E-state index in [4.69, 9.17) is 0 Å². The first-order valence-corrected chi connectivity index (χ1v) is 7.02. The normalized spacial score (nSPS) is 20.3. The fraction of sp³-hybridized carbons (Fsp3) is 0. The smallest absolute Gasteiger partial charge is 0.254 e. The van der Waals surface area contributed by atoms with Gasteiger partial charge in [0.1, 0.15) is 17.2 Å². The average Bonchev–Trinajstić information content (AvgIpc) is 2.69. The Hall–Kier alpha value is -1.73. The van der Waals surface area contributed by atoms with Crippen molar-refractivity contribution in [3.8, 4) is 11.5 Å². The Balaban J connectivity index is 2.16. The molecule has 0 aromatic heterocycles. The van der Waals surface area contributed by atoms with Crippen molar-refractivity contribution in [3.05, 3.63) is 24.3 Å². The summed E-state index contributed by atoms with van der Waals surface area (Å²) >= 11 is -0.273. The molecule has 18 heavy (non-hydrogen) atoms. The molecule has 0 aliphatic carbocycles. The Labute approximate surface area is 108 Å². The molecule has 2 aliphatic heterocycles. The van der Waals surface area contributed by atoms with Gasteiger partial charge in [-0.2, -0.15) is 0 Å². The van der Waals surface area contributed by atoms with Crippen LogP contribution < -0.4 is 4.31 Å². The Bertz CT molecular complexity index is 772. The van der Waals surface area contributed by atoms with Crippen LogP contribution >= 0.6 is 11.8 Å². The van der Waals surface area contributed by atoms with E-state index in [1.54, 1.807) is 24.3 Å². The first kappa shape index (κ1) is 10.2. The topological polar surface area (TPSA) is 73.1 Å². The molecule has 1 atom stereocenters. The minimum Gasteiger partial charge on any atom is -0.506 e. The van der Waals surface area contributed by atoms with E-state index in [-0.39, 0.29) is 11.5 Å². The highest BCUT2D eigenvalue weighted by atomic mass is 32.2. The van der Waals surface area contributed by atoms with Crippen LogP contribution in [0.4, 0.5) is 5.69 Å². The van der Waals surface area contributed by atoms with E-state index >= 15 is 0 Å². The number of amidine groups is 1. The number of fused-ring (bicyclic) bond motifs is 4. The fourth-order valence-electron chi connectivity index (χ4n) is 2.15. The number of phenolic OH excluding ortho intramolecular Hbond substituents is 2. The minimum atomic E-state index is -1.49. The Morgan fingerprint density at radius 2 is 1.83 bits per heavy atom. The lowest BCUT2D eigenvalue weighted by Crippen LogP contribution is -2.35. The number of benzene rings is 2. The lowest BCUT2D eigenvalue weighted by molar-refractivity contribution is 0.460. The quantitative estimate of drug-likeness (QED) is 0.724. The number of hydrogen-bond donors (Lipinski definition) is 2. The molecule has 5 nitrogen and oxygen atoms in total. The molecule has 2 heterocycles. The molecular weight excluding hydrogens is 272 g/mol. The molecule has 4 rings (SSSR count). The molecule has 2 aromatic rings. The summed E-state index contributed by atoms with van der Waals surface area (Å²) in [5.41, 5.74) is 0.388. The summed E-state index contributed by atoms with van der Waals surface area (Å²) < 4.78 is 16.8. The molecule has 2 aliphatic rings. The summed E-state index contributed by atoms with van der Waals surface area (Å²) in [6.07, 6.45) is 0. The van der Waals surface area contributed by atoms with Gasteiger partial charge in [0, 0.05) is 10.8 Å². The maximum absolute atomic E-state index is 11.5. The molecule has 7 heteroatoms. The molecule has 1 unspecified atom stereocenters. The van der Waals surface area contributed by atoms with Crippen molar-refractivity contribution >= 4 is 44.6 Å². The number of hydrogen-bond acceptors (Lipinski definition) is 4. The maximum atomic E-state index is 11.5. The molecule has 2 N–H and O–H groups in total. The van der Waals surface area contributed by atoms with E-state index in [9.17, 15) is 14.4 Å². The fourth-order valence-corrected chi connectivity index (χ4v) is 4.40. The number of nitrogens with zero attached hydrogens (tertiary/aromatic N) is 2. The zero-order chi connectivity index (χ0) is 12.4. The molecule has 0 saturated heterocycles. The van der Waals surface area contributed by atoms with Gasteiger partial charge in [0.25, 0.3) is 11.2 Å². The van der Waals surface area contributed by atoms with Crippen LogP contribution in [0.5, 0.6) is 11.5 Å². The highest BCUT2D eigenvalue weighted by molar-refractivity contribution is 8.18. The summed E-state index contributed by atoms with van der Waals surface area (Å²) in [6, 6.07) is 7.02. The molecule has 2 aromatic carbocycles. The van der Waals surface area contributed by atoms with Crippen molar-refractivity contribution in [1.29, 1.82) is 0 Å². The average molecular weight is 278 g/mol. The van der Waals surface area contributed by atoms with Gasteiger partial charge in [0.2, 0.25) is 0 Å². The third-order valence-corrected chi connectivity index (χ3v) is 5.25. The van der Waals surface area contributed by atoms with E-state index in [0.29, 0.717) is 26.5 Å². The molecule has 90 valence electrons. The zero-order valence-corrected chi connectivity index (χ0v) is 10.5. The molecule has 0 amide bonds. The first-order valence-electron chi connectivity index (χ1n) is 5.14. The number of aromatic hydroxyl groups is 2. The third-order valence-electron chi connectivity index (χ3n) is 2.97. The lowest BCUT2D eigenvalue weighted by Gasteiger charge is -2.22. The summed E-state index contributed by atoms with van der Waals surface area (Å²) in [5.74, 6) is 0.127. The summed E-state index contributed by atoms with van der Waals surface area (Å²) in [4.78, 5) is 0.510. The molecule has 0 bridgehead atoms. The van der Waals surface area contributed by atoms with Gasteiger partial charge in [0.05, 0.1) is 4.90 Å². The van der Waals surface area contributed by atoms with Crippen molar-refractivity contribution < 1.29 is 14.4 Å². The van der Waals surface area contributed by atoms with Gasteiger partial charge in [-0.15, -0.1) is 4.40 Å². The molecule has 0 spiro atoms. The van der Waals surface area contributed by atoms with E-state index < -0.39 is 11.2 Å². The summed E-state index contributed by atoms with van der Waals surface area (Å²) in [6.45, 7) is 0. The van der Waals surface area contributed by atoms with Gasteiger partial charge in [-0.05, 0) is 11.8 Å². The monoisotopic (exact) mass is 278 g/mol. The Morgan fingerprint density at radius 3 is 2.50 bits per heavy atom. The van der Waals surface area contributed by atoms with E-state index in [0.717, 1.165) is 0 Å². The summed E-state index contributed by atoms with van der Waals surface area (Å²) in [5, 5.41) is 22.2. The number of thioether (sulfide) groups is 1. The van der Waals surface area contributed by atoms with Crippen LogP contribution in [-0.2, 0) is 11.2 Å². The van der Waals surface area contributed by atoms with Crippen molar-refractivity contribution in [2.24, 2.45) is 4.40 Å². The molecular formula is C11H6N2O3S2. The van der Waals surface area contributed by atoms with Crippen LogP contribution in [0, 0.1) is 0 Å². The van der Waals surface area contributed by atoms with Crippen LogP contribution in [0.25, 0.3) is 10.8 Å². The Morgan fingerprint density at radius 1 is 1.17 bits per heavy atom. The second-order valence-corrected chi connectivity index (χ2v) is 5.91. The highest BCUT2D eigenvalue weighted by Gasteiger charge is 2.43. The summed E-state index contributed by atoms with van der Waals surface area (Å²) in [7, 11) is 0. The van der Waals surface area contributed by atoms with Crippen LogP contribution in [0.15, 0.2) is 33.6 Å². The largest absolute Gasteiger partial charge is 0.506 e. The van der Waals surface area contributed by atoms with Crippen LogP contribution in [-0.4, -0.2) is 19.6 Å². The van der Waals surface area contributed by atoms with Crippen LogP contribution in [0.1, 0.15) is 0 Å². The standard InChI is InChI=1S/C11H6N2O3S2/c14-8-5-3-1-2-4-6(5)9(15)10-7(8)13-11(17-10)12-18(13)16/h1-4,14-15H. The van der Waals surface area contributed by atoms with E-state index in [1.807, 2.05) is 0 Å². The molecule has 0 fully saturated rings. The second-order valence-electron chi connectivity index (χ2n) is 3.92. The maximum Gasteiger partial charge on any atom is 0.254 e. The van der Waals surface area contributed by atoms with Gasteiger partial charge in [-0.3, -0.25) is 0 Å². The third kappa shape index (κ3) is 1.04. The van der Waals surface area contributed by atoms with Crippen molar-refractivity contribution in [2.75, 3.05) is 4.31 Å². The number of rotatable bonds is 0. The van der Waals surface area contributed by atoms with Crippen LogP contribution in [0.3, 0.4) is 0 Å². The second kappa shape index (κ2) is 3.18. The highest BCUT2D eigenvalue weighted by Crippen LogP contribution is 2.57. The van der Waals surface area contributed by atoms with Gasteiger partial charge in [0.15, 0.2) is 5.17 Å². The zero-order valence-electron chi connectivity index (χ0n) is 8.82. The number of phenols is 2. The number of anilines is 1. The van der Waals surface area contributed by atoms with Crippen molar-refractivity contribution in [1.82, 2.24) is 0 Å². The Kier molecular flexibility index (Phi) is 1.80. The van der Waals surface area contributed by atoms with Gasteiger partial charge < -0.3 is 10.2 Å². The van der Waals surface area contributed by atoms with Crippen LogP contribution in [0.2, 0.25) is 0 Å². The van der Waals surface area contributed by atoms with Gasteiger partial charge in [-0.1, -0.05) is 24.3 Å². The predicted octanol–water partition coefficient (Wildman–Crippen LogP) is 2.11. The lowest BCUT2D eigenvalue weighted by atomic mass is 10.1. The minimum absolute atomic E-state index is 0.0316. The van der Waals surface area contributed by atoms with Gasteiger partial charge >= 0.3 is 0 Å². The van der Waals surface area contributed by atoms with E-state index in [1.165, 1.54) is 16.1 Å². The molecule has 0 saturated carbocycles. The van der Waals surface area contributed by atoms with E-state index in [2.05, 4.69) is 4.40 Å². The predicted molar refractivity (Wildman–Crippen MR) is 71.2 cm³/mol. The van der Waals surface area contributed by atoms with Crippen molar-refractivity contribution in [2.45, 2.75) is 4.90 Å². The molecule has 0 radical (unpaired) electrons. The van der Waals surface area contributed by atoms with Crippen molar-refractivity contribution in [3.63, 3.8) is 0 Å². The van der Waals surface area contributed by atoms with Gasteiger partial charge in [-0.25, -0.2) is 8.51 Å². The first-order chi connectivity index (χ1) is 8.68. The SMILES string of the molecule is O=S1N=C2Sc3c(c(O)c4ccccc4c3O)N21.